The molecule has 0 radical (unpaired) electrons. The van der Waals surface area contributed by atoms with Crippen LogP contribution in [0.2, 0.25) is 0 Å². The second kappa shape index (κ2) is 6.02. The van der Waals surface area contributed by atoms with Crippen molar-refractivity contribution in [3.8, 4) is 0 Å². The summed E-state index contributed by atoms with van der Waals surface area (Å²) in [4.78, 5) is 0. The van der Waals surface area contributed by atoms with E-state index in [-0.39, 0.29) is 0 Å². The number of likely N-dealkylation sites (N-methyl/N-ethyl adjacent to an activating group) is 1. The lowest BCUT2D eigenvalue weighted by molar-refractivity contribution is 0.0607. The molecule has 0 aliphatic rings. The molecule has 0 saturated carbocycles. The minimum Gasteiger partial charge on any atom is -0.389 e. The van der Waals surface area contributed by atoms with E-state index in [0.29, 0.717) is 13.0 Å². The Morgan fingerprint density at radius 3 is 2.19 bits per heavy atom. The van der Waals surface area contributed by atoms with Gasteiger partial charge in [0, 0.05) is 13.0 Å². The molecule has 1 aromatic carbocycles. The molecule has 0 spiro atoms. The molecule has 1 aromatic rings. The molecule has 0 aliphatic carbocycles. The number of rotatable bonds is 6. The summed E-state index contributed by atoms with van der Waals surface area (Å²) in [6, 6.07) is 8.50. The van der Waals surface area contributed by atoms with E-state index in [1.54, 1.807) is 0 Å². The summed E-state index contributed by atoms with van der Waals surface area (Å²) < 4.78 is 0. The van der Waals surface area contributed by atoms with E-state index < -0.39 is 5.60 Å². The Balaban J connectivity index is 2.57. The molecule has 1 atom stereocenters. The zero-order chi connectivity index (χ0) is 12.0. The third-order valence-corrected chi connectivity index (χ3v) is 2.77. The fourth-order valence-corrected chi connectivity index (χ4v) is 1.79. The van der Waals surface area contributed by atoms with Gasteiger partial charge in [-0.15, -0.1) is 0 Å². The van der Waals surface area contributed by atoms with Crippen LogP contribution in [0.5, 0.6) is 0 Å². The van der Waals surface area contributed by atoms with Crippen LogP contribution in [0.3, 0.4) is 0 Å². The van der Waals surface area contributed by atoms with Crippen molar-refractivity contribution >= 4 is 0 Å². The van der Waals surface area contributed by atoms with Crippen LogP contribution in [0.4, 0.5) is 0 Å². The van der Waals surface area contributed by atoms with Gasteiger partial charge in [0.25, 0.3) is 0 Å². The number of hydrogen-bond donors (Lipinski definition) is 2. The molecule has 0 aliphatic heterocycles. The van der Waals surface area contributed by atoms with Crippen molar-refractivity contribution in [3.05, 3.63) is 35.4 Å². The molecule has 2 nitrogen and oxygen atoms in total. The van der Waals surface area contributed by atoms with Gasteiger partial charge in [-0.1, -0.05) is 38.1 Å². The fraction of sp³-hybridized carbons (Fsp3) is 0.571. The van der Waals surface area contributed by atoms with E-state index >= 15 is 0 Å². The summed E-state index contributed by atoms with van der Waals surface area (Å²) in [5.41, 5.74) is 1.87. The average molecular weight is 221 g/mol. The lowest BCUT2D eigenvalue weighted by Crippen LogP contribution is -2.39. The predicted molar refractivity (Wildman–Crippen MR) is 68.7 cm³/mol. The largest absolute Gasteiger partial charge is 0.389 e. The van der Waals surface area contributed by atoms with Crippen LogP contribution in [-0.2, 0) is 12.8 Å². The van der Waals surface area contributed by atoms with E-state index in [0.717, 1.165) is 13.0 Å². The Kier molecular flexibility index (Phi) is 4.97. The zero-order valence-electron chi connectivity index (χ0n) is 10.6. The van der Waals surface area contributed by atoms with Gasteiger partial charge in [-0.2, -0.15) is 0 Å². The maximum Gasteiger partial charge on any atom is 0.0783 e. The van der Waals surface area contributed by atoms with Gasteiger partial charge in [0.2, 0.25) is 0 Å². The Morgan fingerprint density at radius 2 is 1.69 bits per heavy atom. The number of nitrogens with one attached hydrogen (secondary N) is 1. The summed E-state index contributed by atoms with van der Waals surface area (Å²) in [5.74, 6) is 0. The third-order valence-electron chi connectivity index (χ3n) is 2.77. The highest BCUT2D eigenvalue weighted by atomic mass is 16.3. The van der Waals surface area contributed by atoms with Gasteiger partial charge in [0.1, 0.15) is 0 Å². The Hall–Kier alpha value is -0.860. The number of benzene rings is 1. The van der Waals surface area contributed by atoms with Crippen LogP contribution in [-0.4, -0.2) is 23.8 Å². The van der Waals surface area contributed by atoms with Gasteiger partial charge < -0.3 is 10.4 Å². The van der Waals surface area contributed by atoms with Crippen molar-refractivity contribution in [2.75, 3.05) is 13.1 Å². The smallest absolute Gasteiger partial charge is 0.0783 e. The second-order valence-corrected chi connectivity index (χ2v) is 4.62. The van der Waals surface area contributed by atoms with Crippen molar-refractivity contribution in [1.29, 1.82) is 0 Å². The molecule has 0 saturated heterocycles. The molecule has 1 unspecified atom stereocenters. The topological polar surface area (TPSA) is 32.3 Å². The van der Waals surface area contributed by atoms with Crippen LogP contribution in [0.25, 0.3) is 0 Å². The summed E-state index contributed by atoms with van der Waals surface area (Å²) >= 11 is 0. The lowest BCUT2D eigenvalue weighted by atomic mass is 9.95. The Bertz CT molecular complexity index is 303. The summed E-state index contributed by atoms with van der Waals surface area (Å²) in [6.07, 6.45) is 1.76. The molecule has 90 valence electrons. The van der Waals surface area contributed by atoms with Crippen LogP contribution in [0.15, 0.2) is 24.3 Å². The molecule has 0 bridgehead atoms. The molecule has 0 fully saturated rings. The first-order chi connectivity index (χ1) is 7.57. The minimum atomic E-state index is -0.663. The van der Waals surface area contributed by atoms with Crippen LogP contribution in [0.1, 0.15) is 31.9 Å². The molecule has 0 amide bonds. The summed E-state index contributed by atoms with van der Waals surface area (Å²) in [5, 5.41) is 13.3. The minimum absolute atomic E-state index is 0.638. The Morgan fingerprint density at radius 1 is 1.12 bits per heavy atom. The van der Waals surface area contributed by atoms with Crippen molar-refractivity contribution in [3.63, 3.8) is 0 Å². The molecule has 16 heavy (non-hydrogen) atoms. The molecule has 1 rings (SSSR count). The highest BCUT2D eigenvalue weighted by Gasteiger charge is 2.19. The standard InChI is InChI=1S/C14H23NO/c1-4-12-6-8-13(9-7-12)10-14(3,16)11-15-5-2/h6-9,15-16H,4-5,10-11H2,1-3H3. The van der Waals surface area contributed by atoms with Gasteiger partial charge in [-0.3, -0.25) is 0 Å². The van der Waals surface area contributed by atoms with Gasteiger partial charge in [0.05, 0.1) is 5.60 Å². The van der Waals surface area contributed by atoms with Crippen LogP contribution in [0, 0.1) is 0 Å². The molecule has 2 heteroatoms. The molecule has 0 aromatic heterocycles. The highest BCUT2D eigenvalue weighted by molar-refractivity contribution is 5.23. The maximum absolute atomic E-state index is 10.2. The summed E-state index contributed by atoms with van der Waals surface area (Å²) in [6.45, 7) is 7.61. The SMILES string of the molecule is CCNCC(C)(O)Cc1ccc(CC)cc1. The van der Waals surface area contributed by atoms with Crippen molar-refractivity contribution < 1.29 is 5.11 Å². The van der Waals surface area contributed by atoms with E-state index in [9.17, 15) is 5.11 Å². The maximum atomic E-state index is 10.2. The molecule has 0 heterocycles. The quantitative estimate of drug-likeness (QED) is 0.771. The predicted octanol–water partition coefficient (Wildman–Crippen LogP) is 2.15. The molecular formula is C14H23NO. The zero-order valence-corrected chi connectivity index (χ0v) is 10.6. The average Bonchev–Trinajstić information content (AvgIpc) is 2.27. The van der Waals surface area contributed by atoms with Crippen molar-refractivity contribution in [2.45, 2.75) is 39.2 Å². The first-order valence-electron chi connectivity index (χ1n) is 6.08. The number of aliphatic hydroxyl groups is 1. The molecular weight excluding hydrogens is 198 g/mol. The fourth-order valence-electron chi connectivity index (χ4n) is 1.79. The van der Waals surface area contributed by atoms with Crippen molar-refractivity contribution in [1.82, 2.24) is 5.32 Å². The number of aryl methyl sites for hydroxylation is 1. The third kappa shape index (κ3) is 4.33. The van der Waals surface area contributed by atoms with E-state index in [2.05, 4.69) is 36.5 Å². The monoisotopic (exact) mass is 221 g/mol. The highest BCUT2D eigenvalue weighted by Crippen LogP contribution is 2.13. The normalized spacial score (nSPS) is 14.8. The van der Waals surface area contributed by atoms with Gasteiger partial charge in [-0.25, -0.2) is 0 Å². The van der Waals surface area contributed by atoms with E-state index in [4.69, 9.17) is 0 Å². The second-order valence-electron chi connectivity index (χ2n) is 4.62. The number of hydrogen-bond acceptors (Lipinski definition) is 2. The van der Waals surface area contributed by atoms with Gasteiger partial charge >= 0.3 is 0 Å². The van der Waals surface area contributed by atoms with Crippen LogP contribution >= 0.6 is 0 Å². The van der Waals surface area contributed by atoms with Crippen molar-refractivity contribution in [2.24, 2.45) is 0 Å². The first-order valence-corrected chi connectivity index (χ1v) is 6.08. The summed E-state index contributed by atoms with van der Waals surface area (Å²) in [7, 11) is 0. The Labute approximate surface area is 98.7 Å². The first kappa shape index (κ1) is 13.2. The molecule has 2 N–H and O–H groups in total. The van der Waals surface area contributed by atoms with Crippen LogP contribution < -0.4 is 5.32 Å². The van der Waals surface area contributed by atoms with E-state index in [1.807, 2.05) is 13.8 Å². The lowest BCUT2D eigenvalue weighted by Gasteiger charge is -2.23. The van der Waals surface area contributed by atoms with E-state index in [1.165, 1.54) is 11.1 Å². The van der Waals surface area contributed by atoms with Gasteiger partial charge in [-0.05, 0) is 31.0 Å². The van der Waals surface area contributed by atoms with Gasteiger partial charge in [0.15, 0.2) is 0 Å².